The third-order valence-electron chi connectivity index (χ3n) is 4.09. The first-order valence-corrected chi connectivity index (χ1v) is 5.60. The maximum atomic E-state index is 1.69. The van der Waals surface area contributed by atoms with E-state index in [1.54, 1.807) is 38.5 Å². The van der Waals surface area contributed by atoms with E-state index in [-0.39, 0.29) is 0 Å². The van der Waals surface area contributed by atoms with Crippen LogP contribution in [0.25, 0.3) is 0 Å². The summed E-state index contributed by atoms with van der Waals surface area (Å²) in [4.78, 5) is 0. The molecule has 4 rings (SSSR count). The van der Waals surface area contributed by atoms with Gasteiger partial charge in [0.05, 0.1) is 0 Å². The van der Waals surface area contributed by atoms with E-state index in [1.165, 1.54) is 17.8 Å². The molecule has 0 aliphatic heterocycles. The van der Waals surface area contributed by atoms with Crippen LogP contribution < -0.4 is 0 Å². The first-order valence-electron chi connectivity index (χ1n) is 5.02. The lowest BCUT2D eigenvalue weighted by molar-refractivity contribution is 0.0374. The fraction of sp³-hybridized carbons (Fsp3) is 1.00. The molecule has 1 atom stereocenters. The van der Waals surface area contributed by atoms with Crippen LogP contribution in [0, 0.1) is 17.8 Å². The van der Waals surface area contributed by atoms with Crippen LogP contribution in [0.1, 0.15) is 38.5 Å². The van der Waals surface area contributed by atoms with Crippen molar-refractivity contribution in [2.24, 2.45) is 17.8 Å². The standard InChI is InChI=1S/C10H20BP/c11-12-10-4-7-1-8(5-10)3-9(2-7)6-10/h7-9H,1-6,12H2,11H3. The number of hydrogen-bond acceptors (Lipinski definition) is 0. The van der Waals surface area contributed by atoms with Crippen molar-refractivity contribution in [1.82, 2.24) is 0 Å². The highest BCUT2D eigenvalue weighted by atomic mass is 31.1. The summed E-state index contributed by atoms with van der Waals surface area (Å²) < 4.78 is 0. The fourth-order valence-corrected chi connectivity index (χ4v) is 5.18. The van der Waals surface area contributed by atoms with Gasteiger partial charge in [0.15, 0.2) is 0 Å². The minimum absolute atomic E-state index is 0.755. The van der Waals surface area contributed by atoms with Crippen molar-refractivity contribution in [3.63, 3.8) is 0 Å². The molecule has 4 bridgehead atoms. The van der Waals surface area contributed by atoms with Gasteiger partial charge in [0.2, 0.25) is 0 Å². The zero-order valence-electron chi connectivity index (χ0n) is 7.05. The highest BCUT2D eigenvalue weighted by Crippen LogP contribution is 2.61. The molecule has 2 heteroatoms. The van der Waals surface area contributed by atoms with Crippen molar-refractivity contribution >= 4 is 16.0 Å². The predicted molar refractivity (Wildman–Crippen MR) is 60.6 cm³/mol. The molecule has 0 aromatic rings. The Bertz CT molecular complexity index is 167. The van der Waals surface area contributed by atoms with Crippen LogP contribution in [0.2, 0.25) is 0 Å². The van der Waals surface area contributed by atoms with Crippen LogP contribution >= 0.6 is 8.46 Å². The first kappa shape index (κ1) is 7.86. The Labute approximate surface area is 78.0 Å². The number of hydrogen-bond donors (Lipinski definition) is 0. The zero-order chi connectivity index (χ0) is 8.18. The van der Waals surface area contributed by atoms with Gasteiger partial charge in [-0.05, 0) is 56.3 Å². The molecule has 0 radical (unpaired) electrons. The summed E-state index contributed by atoms with van der Waals surface area (Å²) in [6.45, 7) is 0. The van der Waals surface area contributed by atoms with Gasteiger partial charge in [-0.2, -0.15) is 8.46 Å². The van der Waals surface area contributed by atoms with Crippen molar-refractivity contribution in [3.8, 4) is 0 Å². The molecule has 1 unspecified atom stereocenters. The minimum Gasteiger partial charge on any atom is -0.176 e. The van der Waals surface area contributed by atoms with E-state index in [4.69, 9.17) is 0 Å². The average molecular weight is 182 g/mol. The molecule has 4 aliphatic carbocycles. The molecular formula is C10H20BP. The van der Waals surface area contributed by atoms with E-state index in [9.17, 15) is 0 Å². The summed E-state index contributed by atoms with van der Waals surface area (Å²) in [6.07, 6.45) is 9.99. The van der Waals surface area contributed by atoms with Crippen molar-refractivity contribution in [2.75, 3.05) is 0 Å². The Balaban J connectivity index is 1.90. The van der Waals surface area contributed by atoms with Gasteiger partial charge in [-0.1, -0.05) is 0 Å². The maximum absolute atomic E-state index is 1.69. The van der Waals surface area contributed by atoms with Crippen molar-refractivity contribution in [1.29, 1.82) is 0 Å². The third-order valence-corrected chi connectivity index (χ3v) is 4.79. The van der Waals surface area contributed by atoms with Crippen molar-refractivity contribution < 1.29 is 0 Å². The lowest BCUT2D eigenvalue weighted by Gasteiger charge is -2.55. The van der Waals surface area contributed by atoms with Gasteiger partial charge in [0.25, 0.3) is 0 Å². The van der Waals surface area contributed by atoms with Crippen LogP contribution in [0.3, 0.4) is 0 Å². The Morgan fingerprint density at radius 3 is 1.67 bits per heavy atom. The van der Waals surface area contributed by atoms with E-state index in [2.05, 4.69) is 0 Å². The molecule has 0 nitrogen and oxygen atoms in total. The van der Waals surface area contributed by atoms with Crippen molar-refractivity contribution in [2.45, 2.75) is 43.7 Å². The Hall–Kier alpha value is 0.495. The highest BCUT2D eigenvalue weighted by Gasteiger charge is 2.51. The van der Waals surface area contributed by atoms with Crippen LogP contribution in [-0.2, 0) is 0 Å². The van der Waals surface area contributed by atoms with Crippen LogP contribution in [0.15, 0.2) is 0 Å². The van der Waals surface area contributed by atoms with Gasteiger partial charge >= 0.3 is 0 Å². The largest absolute Gasteiger partial charge is 0.176 e. The zero-order valence-corrected chi connectivity index (χ0v) is 8.21. The first-order chi connectivity index (χ1) is 5.80. The minimum atomic E-state index is 0.755. The van der Waals surface area contributed by atoms with E-state index >= 15 is 0 Å². The predicted octanol–water partition coefficient (Wildman–Crippen LogP) is 1.65. The molecule has 0 aromatic heterocycles. The molecule has 4 aliphatic rings. The van der Waals surface area contributed by atoms with Gasteiger partial charge < -0.3 is 0 Å². The molecule has 68 valence electrons. The number of rotatable bonds is 1. The van der Waals surface area contributed by atoms with Gasteiger partial charge in [-0.3, -0.25) is 0 Å². The monoisotopic (exact) mass is 182 g/mol. The summed E-state index contributed by atoms with van der Waals surface area (Å²) in [7, 11) is 1.76. The molecule has 0 aromatic carbocycles. The SMILES string of the molecule is [BH3-][PH2+]C12CC3CC(CC(C3)C1)C2. The lowest BCUT2D eigenvalue weighted by atomic mass is 9.56. The summed E-state index contributed by atoms with van der Waals surface area (Å²) in [5.41, 5.74) is 0. The Morgan fingerprint density at radius 1 is 0.917 bits per heavy atom. The summed E-state index contributed by atoms with van der Waals surface area (Å²) in [5.74, 6) is 3.63. The van der Waals surface area contributed by atoms with Gasteiger partial charge in [-0.15, -0.1) is 0 Å². The molecule has 0 heterocycles. The van der Waals surface area contributed by atoms with Gasteiger partial charge in [0.1, 0.15) is 7.57 Å². The van der Waals surface area contributed by atoms with Crippen molar-refractivity contribution in [3.05, 3.63) is 0 Å². The quantitative estimate of drug-likeness (QED) is 0.427. The van der Waals surface area contributed by atoms with E-state index in [0.29, 0.717) is 0 Å². The van der Waals surface area contributed by atoms with Crippen LogP contribution in [0.4, 0.5) is 0 Å². The second kappa shape index (κ2) is 2.50. The molecule has 4 fully saturated rings. The summed E-state index contributed by atoms with van der Waals surface area (Å²) in [5, 5.41) is 1.04. The summed E-state index contributed by atoms with van der Waals surface area (Å²) >= 11 is 0. The highest BCUT2D eigenvalue weighted by molar-refractivity contribution is 7.67. The molecule has 0 N–H and O–H groups in total. The molecule has 4 saturated carbocycles. The average Bonchev–Trinajstić information content (AvgIpc) is 2.02. The maximum Gasteiger partial charge on any atom is 0.122 e. The molecule has 0 saturated heterocycles. The van der Waals surface area contributed by atoms with E-state index in [0.717, 1.165) is 21.2 Å². The van der Waals surface area contributed by atoms with Gasteiger partial charge in [-0.25, -0.2) is 0 Å². The molecular weight excluding hydrogens is 162 g/mol. The molecule has 12 heavy (non-hydrogen) atoms. The summed E-state index contributed by atoms with van der Waals surface area (Å²) in [6, 6.07) is 0. The second-order valence-corrected chi connectivity index (χ2v) is 6.50. The smallest absolute Gasteiger partial charge is 0.122 e. The van der Waals surface area contributed by atoms with E-state index in [1.807, 2.05) is 0 Å². The van der Waals surface area contributed by atoms with Crippen LogP contribution in [0.5, 0.6) is 0 Å². The molecule has 0 amide bonds. The third kappa shape index (κ3) is 1.02. The Kier molecular flexibility index (Phi) is 1.64. The van der Waals surface area contributed by atoms with Crippen LogP contribution in [-0.4, -0.2) is 12.7 Å². The van der Waals surface area contributed by atoms with E-state index < -0.39 is 0 Å². The second-order valence-electron chi connectivity index (χ2n) is 5.28. The fourth-order valence-electron chi connectivity index (χ4n) is 4.18. The van der Waals surface area contributed by atoms with Gasteiger partial charge in [0, 0.05) is 5.16 Å². The topological polar surface area (TPSA) is 0 Å². The Morgan fingerprint density at radius 2 is 1.33 bits per heavy atom. The molecule has 0 spiro atoms. The lowest BCUT2D eigenvalue weighted by Crippen LogP contribution is -2.47. The normalized spacial score (nSPS) is 57.2.